The van der Waals surface area contributed by atoms with Gasteiger partial charge >= 0.3 is 19.8 Å². The first-order chi connectivity index (χ1) is 38.2. The van der Waals surface area contributed by atoms with Crippen LogP contribution in [0.15, 0.2) is 116 Å². The van der Waals surface area contributed by atoms with Crippen LogP contribution in [0.4, 0.5) is 0 Å². The van der Waals surface area contributed by atoms with Crippen molar-refractivity contribution < 1.29 is 51.8 Å². The second-order valence-electron chi connectivity index (χ2n) is 21.5. The van der Waals surface area contributed by atoms with E-state index in [2.05, 4.69) is 27.0 Å². The summed E-state index contributed by atoms with van der Waals surface area (Å²) < 4.78 is 59.0. The van der Waals surface area contributed by atoms with E-state index < -0.39 is 68.7 Å². The summed E-state index contributed by atoms with van der Waals surface area (Å²) in [6.07, 6.45) is 29.0. The van der Waals surface area contributed by atoms with Gasteiger partial charge in [0.15, 0.2) is 6.10 Å². The van der Waals surface area contributed by atoms with E-state index in [1.807, 2.05) is 91.0 Å². The van der Waals surface area contributed by atoms with Crippen LogP contribution in [0.1, 0.15) is 210 Å². The van der Waals surface area contributed by atoms with Gasteiger partial charge in [-0.2, -0.15) is 0 Å². The van der Waals surface area contributed by atoms with Gasteiger partial charge in [-0.15, -0.1) is 13.2 Å². The maximum absolute atomic E-state index is 15.4. The van der Waals surface area contributed by atoms with Crippen LogP contribution in [0.25, 0.3) is 0 Å². The minimum atomic E-state index is -4.72. The first kappa shape index (κ1) is 66.6. The van der Waals surface area contributed by atoms with Crippen LogP contribution in [0, 0.1) is 11.8 Å². The summed E-state index contributed by atoms with van der Waals surface area (Å²) in [6.45, 7) is 12.1. The molecule has 1 N–H and O–H groups in total. The van der Waals surface area contributed by atoms with Crippen molar-refractivity contribution in [2.45, 2.75) is 244 Å². The Morgan fingerprint density at radius 1 is 0.487 bits per heavy atom. The van der Waals surface area contributed by atoms with Crippen molar-refractivity contribution in [1.82, 2.24) is 0 Å². The first-order valence-corrected chi connectivity index (χ1v) is 31.9. The van der Waals surface area contributed by atoms with Crippen LogP contribution in [0.5, 0.6) is 0 Å². The summed E-state index contributed by atoms with van der Waals surface area (Å²) >= 11 is 0. The molecule has 0 radical (unpaired) electrons. The zero-order valence-corrected chi connectivity index (χ0v) is 49.0. The summed E-state index contributed by atoms with van der Waals surface area (Å²) in [5.74, 6) is -1.90. The second kappa shape index (κ2) is 42.0. The van der Waals surface area contributed by atoms with Gasteiger partial charge in [0.1, 0.15) is 18.8 Å². The van der Waals surface area contributed by atoms with Crippen molar-refractivity contribution in [1.29, 1.82) is 0 Å². The highest BCUT2D eigenvalue weighted by atomic mass is 31.2. The third-order valence-electron chi connectivity index (χ3n) is 14.9. The number of unbranched alkanes of at least 4 members (excludes halogenated alkanes) is 24. The van der Waals surface area contributed by atoms with Crippen molar-refractivity contribution in [3.63, 3.8) is 0 Å². The largest absolute Gasteiger partial charge is 0.475 e. The Bertz CT molecular complexity index is 2040. The Kier molecular flexibility index (Phi) is 35.8. The van der Waals surface area contributed by atoms with Crippen molar-refractivity contribution >= 4 is 19.8 Å². The smallest absolute Gasteiger partial charge is 0.462 e. The van der Waals surface area contributed by atoms with E-state index in [1.165, 1.54) is 116 Å². The number of aliphatic hydroxyl groups is 1. The highest BCUT2D eigenvalue weighted by Crippen LogP contribution is 2.54. The number of rotatable bonds is 47. The number of ether oxygens (including phenoxy) is 4. The average molecular weight is 1100 g/mol. The summed E-state index contributed by atoms with van der Waals surface area (Å²) in [6, 6.07) is 28.4. The maximum atomic E-state index is 15.4. The number of aliphatic hydroxyl groups excluding tert-OH is 1. The molecule has 0 heterocycles. The van der Waals surface area contributed by atoms with Crippen molar-refractivity contribution in [2.24, 2.45) is 11.8 Å². The fraction of sp³-hybridized carbons (Fsp3) is 0.636. The van der Waals surface area contributed by atoms with Crippen LogP contribution < -0.4 is 0 Å². The normalized spacial score (nSPS) is 19.4. The molecule has 8 atom stereocenters. The van der Waals surface area contributed by atoms with Crippen molar-refractivity contribution in [3.8, 4) is 0 Å². The molecule has 1 saturated carbocycles. The SMILES string of the molecule is C=CC1C(C=C)C(OCc2ccccc2)C(OP(=O)(OCc2ccccc2)OC[C@H](COC(=O)CCCCCCCCCCCCCCC)OC(=O)CCCCCCCCCCCCCCC)C(O)C1OCc1ccccc1. The Morgan fingerprint density at radius 3 is 1.28 bits per heavy atom. The molecular weight excluding hydrogens is 1000 g/mol. The molecule has 11 nitrogen and oxygen atoms in total. The number of phosphoric ester groups is 1. The van der Waals surface area contributed by atoms with E-state index in [0.717, 1.165) is 49.7 Å². The number of benzene rings is 3. The molecule has 0 bridgehead atoms. The van der Waals surface area contributed by atoms with Gasteiger partial charge in [-0.1, -0.05) is 271 Å². The molecule has 4 rings (SSSR count). The van der Waals surface area contributed by atoms with E-state index in [9.17, 15) is 14.7 Å². The topological polar surface area (TPSA) is 136 Å². The van der Waals surface area contributed by atoms with Gasteiger partial charge in [0.2, 0.25) is 0 Å². The minimum Gasteiger partial charge on any atom is -0.462 e. The summed E-state index contributed by atoms with van der Waals surface area (Å²) in [5, 5.41) is 12.4. The van der Waals surface area contributed by atoms with Crippen LogP contribution in [0.2, 0.25) is 0 Å². The molecule has 1 fully saturated rings. The van der Waals surface area contributed by atoms with Gasteiger partial charge in [0.05, 0.1) is 38.6 Å². The Hall–Kier alpha value is -3.93. The summed E-state index contributed by atoms with van der Waals surface area (Å²) in [4.78, 5) is 26.7. The number of hydrogen-bond donors (Lipinski definition) is 1. The molecule has 7 unspecified atom stereocenters. The quantitative estimate of drug-likeness (QED) is 0.0250. The molecule has 0 aliphatic heterocycles. The number of carbonyl (C=O) groups is 2. The van der Waals surface area contributed by atoms with Gasteiger partial charge in [-0.3, -0.25) is 23.2 Å². The fourth-order valence-electron chi connectivity index (χ4n) is 10.3. The molecule has 12 heteroatoms. The molecule has 0 spiro atoms. The first-order valence-electron chi connectivity index (χ1n) is 30.4. The van der Waals surface area contributed by atoms with E-state index in [0.29, 0.717) is 18.4 Å². The lowest BCUT2D eigenvalue weighted by atomic mass is 9.72. The fourth-order valence-corrected chi connectivity index (χ4v) is 11.7. The van der Waals surface area contributed by atoms with Crippen LogP contribution in [-0.4, -0.2) is 60.8 Å². The third-order valence-corrected chi connectivity index (χ3v) is 16.3. The molecule has 3 aromatic rings. The maximum Gasteiger partial charge on any atom is 0.475 e. The average Bonchev–Trinajstić information content (AvgIpc) is 3.51. The Labute approximate surface area is 471 Å². The zero-order valence-electron chi connectivity index (χ0n) is 48.1. The van der Waals surface area contributed by atoms with E-state index >= 15 is 4.57 Å². The molecule has 436 valence electrons. The minimum absolute atomic E-state index is 0.139. The van der Waals surface area contributed by atoms with Gasteiger partial charge in [0.25, 0.3) is 0 Å². The number of phosphoric acid groups is 1. The highest BCUT2D eigenvalue weighted by Gasteiger charge is 2.53. The Morgan fingerprint density at radius 2 is 0.859 bits per heavy atom. The Balaban J connectivity index is 1.46. The molecule has 1 aliphatic carbocycles. The van der Waals surface area contributed by atoms with Gasteiger partial charge in [-0.25, -0.2) is 4.57 Å². The summed E-state index contributed by atoms with van der Waals surface area (Å²) in [5.41, 5.74) is 2.45. The second-order valence-corrected chi connectivity index (χ2v) is 23.1. The molecular formula is C66H101O11P. The van der Waals surface area contributed by atoms with Crippen LogP contribution in [-0.2, 0) is 66.5 Å². The monoisotopic (exact) mass is 1100 g/mol. The third kappa shape index (κ3) is 28.0. The zero-order chi connectivity index (χ0) is 55.7. The van der Waals surface area contributed by atoms with Gasteiger partial charge in [-0.05, 0) is 29.5 Å². The van der Waals surface area contributed by atoms with E-state index in [4.69, 9.17) is 32.5 Å². The van der Waals surface area contributed by atoms with Crippen LogP contribution in [0.3, 0.4) is 0 Å². The number of hydrogen-bond acceptors (Lipinski definition) is 11. The lowest BCUT2D eigenvalue weighted by Gasteiger charge is -2.47. The van der Waals surface area contributed by atoms with Crippen molar-refractivity contribution in [3.05, 3.63) is 133 Å². The van der Waals surface area contributed by atoms with Crippen LogP contribution >= 0.6 is 7.82 Å². The molecule has 0 aromatic heterocycles. The lowest BCUT2D eigenvalue weighted by molar-refractivity contribution is -0.199. The molecule has 0 amide bonds. The lowest BCUT2D eigenvalue weighted by Crippen LogP contribution is -2.59. The standard InChI is InChI=1S/C66H101O11P/c1-5-9-11-13-15-17-19-21-23-25-27-29-40-48-61(67)71-53-58(76-62(68)49-41-30-28-26-24-22-20-18-16-14-12-10-6-2)54-75-78(70,74-52-57-46-38-33-39-47-57)77-66-63(69)64(72-50-55-42-34-31-35-43-55)59(7-3)60(8-4)65(66)73-51-56-44-36-32-37-45-56/h7-8,31-39,42-47,58-60,63-66,69H,3-6,9-30,40-41,48-54H2,1-2H3/t58-,59?,60?,63?,64?,65?,66?,78?/m0/s1. The van der Waals surface area contributed by atoms with E-state index in [1.54, 1.807) is 12.2 Å². The van der Waals surface area contributed by atoms with Crippen molar-refractivity contribution in [2.75, 3.05) is 13.2 Å². The molecule has 3 aromatic carbocycles. The predicted octanol–water partition coefficient (Wildman–Crippen LogP) is 17.3. The molecule has 0 saturated heterocycles. The highest BCUT2D eigenvalue weighted by molar-refractivity contribution is 7.48. The molecule has 78 heavy (non-hydrogen) atoms. The van der Waals surface area contributed by atoms with Gasteiger partial charge in [0, 0.05) is 24.7 Å². The molecule has 1 aliphatic rings. The predicted molar refractivity (Wildman–Crippen MR) is 315 cm³/mol. The number of esters is 2. The number of carbonyl (C=O) groups excluding carboxylic acids is 2. The summed E-state index contributed by atoms with van der Waals surface area (Å²) in [7, 11) is -4.72. The van der Waals surface area contributed by atoms with Gasteiger partial charge < -0.3 is 24.1 Å². The van der Waals surface area contributed by atoms with E-state index in [-0.39, 0.29) is 39.3 Å².